The van der Waals surface area contributed by atoms with Crippen LogP contribution in [0, 0.1) is 0 Å². The Morgan fingerprint density at radius 3 is 2.43 bits per heavy atom. The molecule has 2 rings (SSSR count). The summed E-state index contributed by atoms with van der Waals surface area (Å²) in [6.45, 7) is 4.93. The molecule has 0 spiro atoms. The van der Waals surface area contributed by atoms with Crippen molar-refractivity contribution >= 4 is 23.7 Å². The number of carbonyl (C=O) groups is 2. The molecule has 3 amide bonds. The highest BCUT2D eigenvalue weighted by Gasteiger charge is 2.38. The molecule has 1 heterocycles. The number of hydrogen-bond acceptors (Lipinski definition) is 5. The third-order valence-electron chi connectivity index (χ3n) is 5.06. The number of nitrogens with one attached hydrogen (secondary N) is 3. The number of nitrogens with zero attached hydrogens (tertiary/aromatic N) is 1. The van der Waals surface area contributed by atoms with Gasteiger partial charge in [0, 0.05) is 43.7 Å². The highest BCUT2D eigenvalue weighted by atomic mass is 32.2. The predicted molar refractivity (Wildman–Crippen MR) is 94.8 cm³/mol. The van der Waals surface area contributed by atoms with Crippen LogP contribution in [0.5, 0.6) is 0 Å². The Kier molecular flexibility index (Phi) is 7.17. The SMILES string of the molecule is CNC(=O)NC(=O)C(C)NCC1(N2CCSCC2)CCCCC1. The first-order valence-corrected chi connectivity index (χ1v) is 9.82. The van der Waals surface area contributed by atoms with Gasteiger partial charge in [-0.3, -0.25) is 15.0 Å². The molecule has 7 heteroatoms. The van der Waals surface area contributed by atoms with Gasteiger partial charge >= 0.3 is 6.03 Å². The minimum absolute atomic E-state index is 0.181. The lowest BCUT2D eigenvalue weighted by atomic mass is 9.79. The second-order valence-corrected chi connectivity index (χ2v) is 7.78. The Balaban J connectivity index is 1.92. The Hall–Kier alpha value is -0.790. The van der Waals surface area contributed by atoms with Gasteiger partial charge in [0.15, 0.2) is 0 Å². The topological polar surface area (TPSA) is 73.5 Å². The molecule has 23 heavy (non-hydrogen) atoms. The van der Waals surface area contributed by atoms with Crippen LogP contribution >= 0.6 is 11.8 Å². The zero-order valence-electron chi connectivity index (χ0n) is 14.3. The van der Waals surface area contributed by atoms with Gasteiger partial charge in [-0.1, -0.05) is 19.3 Å². The molecule has 0 aromatic heterocycles. The lowest BCUT2D eigenvalue weighted by Gasteiger charge is -2.48. The van der Waals surface area contributed by atoms with Crippen LogP contribution in [0.15, 0.2) is 0 Å². The number of urea groups is 1. The zero-order chi connectivity index (χ0) is 16.7. The second-order valence-electron chi connectivity index (χ2n) is 6.56. The quantitative estimate of drug-likeness (QED) is 0.699. The first kappa shape index (κ1) is 18.5. The molecule has 0 radical (unpaired) electrons. The summed E-state index contributed by atoms with van der Waals surface area (Å²) in [5.41, 5.74) is 0.181. The van der Waals surface area contributed by atoms with E-state index >= 15 is 0 Å². The highest BCUT2D eigenvalue weighted by molar-refractivity contribution is 7.99. The molecule has 1 atom stereocenters. The second kappa shape index (κ2) is 8.89. The van der Waals surface area contributed by atoms with E-state index in [0.29, 0.717) is 0 Å². The Bertz CT molecular complexity index is 407. The number of carbonyl (C=O) groups excluding carboxylic acids is 2. The fourth-order valence-corrected chi connectivity index (χ4v) is 4.47. The van der Waals surface area contributed by atoms with Crippen LogP contribution in [0.1, 0.15) is 39.0 Å². The van der Waals surface area contributed by atoms with Crippen molar-refractivity contribution in [1.82, 2.24) is 20.9 Å². The van der Waals surface area contributed by atoms with Crippen LogP contribution in [0.4, 0.5) is 4.79 Å². The Morgan fingerprint density at radius 1 is 1.17 bits per heavy atom. The molecule has 0 bridgehead atoms. The number of imide groups is 1. The molecular weight excluding hydrogens is 312 g/mol. The maximum Gasteiger partial charge on any atom is 0.321 e. The van der Waals surface area contributed by atoms with Crippen molar-refractivity contribution in [3.05, 3.63) is 0 Å². The Morgan fingerprint density at radius 2 is 1.83 bits per heavy atom. The van der Waals surface area contributed by atoms with Gasteiger partial charge in [-0.15, -0.1) is 0 Å². The van der Waals surface area contributed by atoms with Crippen LogP contribution in [-0.4, -0.2) is 66.6 Å². The zero-order valence-corrected chi connectivity index (χ0v) is 15.1. The van der Waals surface area contributed by atoms with Crippen molar-refractivity contribution in [2.24, 2.45) is 0 Å². The van der Waals surface area contributed by atoms with E-state index in [1.807, 2.05) is 18.7 Å². The van der Waals surface area contributed by atoms with E-state index in [1.54, 1.807) is 0 Å². The number of amides is 3. The van der Waals surface area contributed by atoms with Crippen molar-refractivity contribution in [2.45, 2.75) is 50.6 Å². The number of hydrogen-bond donors (Lipinski definition) is 3. The standard InChI is InChI=1S/C16H30N4O2S/c1-13(14(21)19-15(22)17-2)18-12-16(6-4-3-5-7-16)20-8-10-23-11-9-20/h13,18H,3-12H2,1-2H3,(H2,17,19,21,22). The molecule has 0 aromatic rings. The third-order valence-corrected chi connectivity index (χ3v) is 6.00. The van der Waals surface area contributed by atoms with Gasteiger partial charge in [-0.05, 0) is 19.8 Å². The molecule has 1 aliphatic carbocycles. The van der Waals surface area contributed by atoms with Gasteiger partial charge in [-0.25, -0.2) is 4.79 Å². The molecule has 6 nitrogen and oxygen atoms in total. The lowest BCUT2D eigenvalue weighted by molar-refractivity contribution is -0.121. The smallest absolute Gasteiger partial charge is 0.321 e. The fourth-order valence-electron chi connectivity index (χ4n) is 3.57. The third kappa shape index (κ3) is 5.09. The van der Waals surface area contributed by atoms with Crippen molar-refractivity contribution in [3.63, 3.8) is 0 Å². The highest BCUT2D eigenvalue weighted by Crippen LogP contribution is 2.34. The summed E-state index contributed by atoms with van der Waals surface area (Å²) in [4.78, 5) is 25.9. The van der Waals surface area contributed by atoms with Crippen LogP contribution in [0.25, 0.3) is 0 Å². The average Bonchev–Trinajstić information content (AvgIpc) is 2.61. The molecule has 0 aromatic carbocycles. The van der Waals surface area contributed by atoms with Crippen LogP contribution in [0.3, 0.4) is 0 Å². The average molecular weight is 343 g/mol. The summed E-state index contributed by atoms with van der Waals surface area (Å²) in [5, 5.41) is 8.13. The van der Waals surface area contributed by atoms with E-state index in [1.165, 1.54) is 50.7 Å². The summed E-state index contributed by atoms with van der Waals surface area (Å²) in [6, 6.07) is -0.825. The van der Waals surface area contributed by atoms with Crippen molar-refractivity contribution in [3.8, 4) is 0 Å². The van der Waals surface area contributed by atoms with Crippen LogP contribution in [-0.2, 0) is 4.79 Å². The Labute approximate surface area is 143 Å². The van der Waals surface area contributed by atoms with Gasteiger partial charge in [0.25, 0.3) is 0 Å². The number of thioether (sulfide) groups is 1. The van der Waals surface area contributed by atoms with Gasteiger partial charge in [0.1, 0.15) is 0 Å². The summed E-state index contributed by atoms with van der Waals surface area (Å²) >= 11 is 2.03. The van der Waals surface area contributed by atoms with E-state index in [9.17, 15) is 9.59 Å². The fraction of sp³-hybridized carbons (Fsp3) is 0.875. The van der Waals surface area contributed by atoms with Gasteiger partial charge < -0.3 is 10.6 Å². The van der Waals surface area contributed by atoms with Gasteiger partial charge in [-0.2, -0.15) is 11.8 Å². The summed E-state index contributed by atoms with van der Waals surface area (Å²) in [7, 11) is 1.51. The maximum absolute atomic E-state index is 12.0. The number of rotatable bonds is 5. The van der Waals surface area contributed by atoms with E-state index in [4.69, 9.17) is 0 Å². The van der Waals surface area contributed by atoms with Crippen LogP contribution in [0.2, 0.25) is 0 Å². The monoisotopic (exact) mass is 342 g/mol. The minimum atomic E-state index is -0.455. The largest absolute Gasteiger partial charge is 0.341 e. The van der Waals surface area contributed by atoms with Gasteiger partial charge in [0.05, 0.1) is 6.04 Å². The maximum atomic E-state index is 12.0. The first-order valence-electron chi connectivity index (χ1n) is 8.66. The van der Waals surface area contributed by atoms with Gasteiger partial charge in [0.2, 0.25) is 5.91 Å². The summed E-state index contributed by atoms with van der Waals surface area (Å²) in [5.74, 6) is 2.13. The molecule has 132 valence electrons. The summed E-state index contributed by atoms with van der Waals surface area (Å²) in [6.07, 6.45) is 6.26. The molecule has 1 saturated heterocycles. The van der Waals surface area contributed by atoms with E-state index in [-0.39, 0.29) is 17.5 Å². The van der Waals surface area contributed by atoms with E-state index in [2.05, 4.69) is 20.9 Å². The minimum Gasteiger partial charge on any atom is -0.341 e. The van der Waals surface area contributed by atoms with E-state index < -0.39 is 6.03 Å². The molecule has 3 N–H and O–H groups in total. The molecule has 1 saturated carbocycles. The normalized spacial score (nSPS) is 23.0. The molecule has 2 fully saturated rings. The molecule has 1 aliphatic heterocycles. The summed E-state index contributed by atoms with van der Waals surface area (Å²) < 4.78 is 0. The van der Waals surface area contributed by atoms with Crippen LogP contribution < -0.4 is 16.0 Å². The molecule has 2 aliphatic rings. The molecule has 1 unspecified atom stereocenters. The van der Waals surface area contributed by atoms with Crippen molar-refractivity contribution in [2.75, 3.05) is 38.2 Å². The molecular formula is C16H30N4O2S. The van der Waals surface area contributed by atoms with E-state index in [0.717, 1.165) is 19.6 Å². The van der Waals surface area contributed by atoms with Crippen molar-refractivity contribution in [1.29, 1.82) is 0 Å². The lowest BCUT2D eigenvalue weighted by Crippen LogP contribution is -2.60. The first-order chi connectivity index (χ1) is 11.1. The predicted octanol–water partition coefficient (Wildman–Crippen LogP) is 1.17. The van der Waals surface area contributed by atoms with Crippen molar-refractivity contribution < 1.29 is 9.59 Å².